The Morgan fingerprint density at radius 1 is 1.37 bits per heavy atom. The number of rotatable bonds is 5. The van der Waals surface area contributed by atoms with Crippen LogP contribution in [0.3, 0.4) is 0 Å². The molecule has 0 aliphatic rings. The molecule has 0 atom stereocenters. The summed E-state index contributed by atoms with van der Waals surface area (Å²) in [6.07, 6.45) is 0. The highest BCUT2D eigenvalue weighted by Gasteiger charge is 2.11. The molecule has 2 aromatic heterocycles. The van der Waals surface area contributed by atoms with Crippen molar-refractivity contribution in [1.29, 1.82) is 0 Å². The van der Waals surface area contributed by atoms with E-state index in [1.807, 2.05) is 0 Å². The van der Waals surface area contributed by atoms with E-state index >= 15 is 0 Å². The van der Waals surface area contributed by atoms with Gasteiger partial charge >= 0.3 is 0 Å². The van der Waals surface area contributed by atoms with E-state index in [4.69, 9.17) is 14.0 Å². The molecule has 0 saturated carbocycles. The van der Waals surface area contributed by atoms with Gasteiger partial charge in [0.15, 0.2) is 5.76 Å². The second-order valence-electron chi connectivity index (χ2n) is 4.03. The van der Waals surface area contributed by atoms with Crippen LogP contribution < -0.4 is 10.3 Å². The zero-order valence-electron chi connectivity index (χ0n) is 11.0. The molecular weight excluding hydrogens is 250 g/mol. The molecule has 0 aromatic carbocycles. The number of nitrogens with zero attached hydrogens (tertiary/aromatic N) is 3. The van der Waals surface area contributed by atoms with Crippen LogP contribution in [0, 0.1) is 6.92 Å². The van der Waals surface area contributed by atoms with Gasteiger partial charge in [-0.15, -0.1) is 0 Å². The highest BCUT2D eigenvalue weighted by molar-refractivity contribution is 5.11. The Morgan fingerprint density at radius 3 is 2.84 bits per heavy atom. The summed E-state index contributed by atoms with van der Waals surface area (Å²) in [4.78, 5) is 16.1. The summed E-state index contributed by atoms with van der Waals surface area (Å²) >= 11 is 0. The van der Waals surface area contributed by atoms with Crippen LogP contribution in [0.4, 0.5) is 0 Å². The van der Waals surface area contributed by atoms with Crippen LogP contribution in [0.2, 0.25) is 0 Å². The maximum absolute atomic E-state index is 11.9. The second kappa shape index (κ2) is 5.66. The first-order valence-corrected chi connectivity index (χ1v) is 5.70. The van der Waals surface area contributed by atoms with Crippen molar-refractivity contribution in [3.05, 3.63) is 39.6 Å². The highest BCUT2D eigenvalue weighted by atomic mass is 16.5. The first-order chi connectivity index (χ1) is 9.13. The summed E-state index contributed by atoms with van der Waals surface area (Å²) in [6, 6.07) is 3.43. The molecule has 102 valence electrons. The fourth-order valence-corrected chi connectivity index (χ4v) is 1.70. The smallest absolute Gasteiger partial charge is 0.299 e. The first kappa shape index (κ1) is 13.3. The average molecular weight is 265 g/mol. The van der Waals surface area contributed by atoms with Gasteiger partial charge in [-0.05, 0) is 6.92 Å². The highest BCUT2D eigenvalue weighted by Crippen LogP contribution is 2.10. The standard InChI is InChI=1S/C12H15N3O4/c1-8-4-11(16)15(12(13-8)18-3)6-9-5-10(7-17-2)19-14-9/h4-5H,6-7H2,1-3H3. The third-order valence-electron chi connectivity index (χ3n) is 2.50. The van der Waals surface area contributed by atoms with Gasteiger partial charge in [0, 0.05) is 24.9 Å². The van der Waals surface area contributed by atoms with E-state index in [-0.39, 0.29) is 18.1 Å². The van der Waals surface area contributed by atoms with Crippen molar-refractivity contribution in [2.45, 2.75) is 20.1 Å². The number of aromatic nitrogens is 3. The number of hydrogen-bond acceptors (Lipinski definition) is 6. The Bertz CT molecular complexity index is 618. The lowest BCUT2D eigenvalue weighted by atomic mass is 10.3. The Morgan fingerprint density at radius 2 is 2.16 bits per heavy atom. The molecule has 7 heteroatoms. The molecule has 2 rings (SSSR count). The molecule has 0 radical (unpaired) electrons. The average Bonchev–Trinajstić information content (AvgIpc) is 2.80. The maximum Gasteiger partial charge on any atom is 0.299 e. The minimum atomic E-state index is -0.194. The van der Waals surface area contributed by atoms with E-state index < -0.39 is 0 Å². The van der Waals surface area contributed by atoms with E-state index in [1.165, 1.54) is 17.7 Å². The Kier molecular flexibility index (Phi) is 3.96. The quantitative estimate of drug-likeness (QED) is 0.793. The number of aryl methyl sites for hydroxylation is 1. The lowest BCUT2D eigenvalue weighted by molar-refractivity contribution is 0.155. The van der Waals surface area contributed by atoms with Gasteiger partial charge in [0.2, 0.25) is 0 Å². The molecule has 2 aromatic rings. The van der Waals surface area contributed by atoms with Gasteiger partial charge in [-0.3, -0.25) is 9.36 Å². The summed E-state index contributed by atoms with van der Waals surface area (Å²) < 4.78 is 16.5. The molecule has 0 bridgehead atoms. The van der Waals surface area contributed by atoms with Crippen molar-refractivity contribution in [2.24, 2.45) is 0 Å². The fourth-order valence-electron chi connectivity index (χ4n) is 1.70. The minimum Gasteiger partial charge on any atom is -0.468 e. The molecule has 0 saturated heterocycles. The molecule has 19 heavy (non-hydrogen) atoms. The van der Waals surface area contributed by atoms with Gasteiger partial charge in [0.05, 0.1) is 13.7 Å². The third-order valence-corrected chi connectivity index (χ3v) is 2.50. The van der Waals surface area contributed by atoms with E-state index in [2.05, 4.69) is 10.1 Å². The molecule has 0 aliphatic carbocycles. The van der Waals surface area contributed by atoms with Crippen LogP contribution in [0.1, 0.15) is 17.1 Å². The van der Waals surface area contributed by atoms with Gasteiger partial charge in [-0.1, -0.05) is 5.16 Å². The van der Waals surface area contributed by atoms with E-state index in [9.17, 15) is 4.79 Å². The first-order valence-electron chi connectivity index (χ1n) is 5.70. The van der Waals surface area contributed by atoms with Crippen LogP contribution in [0.5, 0.6) is 6.01 Å². The van der Waals surface area contributed by atoms with Crippen LogP contribution in [0.15, 0.2) is 21.5 Å². The number of ether oxygens (including phenoxy) is 2. The monoisotopic (exact) mass is 265 g/mol. The van der Waals surface area contributed by atoms with Crippen molar-refractivity contribution in [3.8, 4) is 6.01 Å². The second-order valence-corrected chi connectivity index (χ2v) is 4.03. The molecule has 0 spiro atoms. The van der Waals surface area contributed by atoms with Crippen LogP contribution >= 0.6 is 0 Å². The Balaban J connectivity index is 2.29. The van der Waals surface area contributed by atoms with Gasteiger partial charge < -0.3 is 14.0 Å². The molecule has 0 N–H and O–H groups in total. The topological polar surface area (TPSA) is 79.4 Å². The van der Waals surface area contributed by atoms with Gasteiger partial charge in [0.1, 0.15) is 12.3 Å². The summed E-state index contributed by atoms with van der Waals surface area (Å²) in [5.74, 6) is 0.601. The van der Waals surface area contributed by atoms with Crippen molar-refractivity contribution in [1.82, 2.24) is 14.7 Å². The van der Waals surface area contributed by atoms with Gasteiger partial charge in [-0.25, -0.2) is 4.98 Å². The molecule has 2 heterocycles. The van der Waals surface area contributed by atoms with Crippen molar-refractivity contribution in [3.63, 3.8) is 0 Å². The van der Waals surface area contributed by atoms with Crippen molar-refractivity contribution < 1.29 is 14.0 Å². The normalized spacial score (nSPS) is 10.7. The summed E-state index contributed by atoms with van der Waals surface area (Å²) in [5.41, 5.74) is 1.03. The lowest BCUT2D eigenvalue weighted by Gasteiger charge is -2.08. The molecule has 7 nitrogen and oxygen atoms in total. The van der Waals surface area contributed by atoms with E-state index in [0.717, 1.165) is 0 Å². The predicted octanol–water partition coefficient (Wildman–Crippen LogP) is 0.743. The van der Waals surface area contributed by atoms with Crippen LogP contribution in [-0.2, 0) is 17.9 Å². The van der Waals surface area contributed by atoms with Crippen LogP contribution in [-0.4, -0.2) is 28.9 Å². The predicted molar refractivity (Wildman–Crippen MR) is 66.1 cm³/mol. The van der Waals surface area contributed by atoms with Crippen molar-refractivity contribution in [2.75, 3.05) is 14.2 Å². The van der Waals surface area contributed by atoms with Gasteiger partial charge in [0.25, 0.3) is 11.6 Å². The summed E-state index contributed by atoms with van der Waals surface area (Å²) in [5, 5.41) is 3.87. The summed E-state index contributed by atoms with van der Waals surface area (Å²) in [6.45, 7) is 2.31. The third kappa shape index (κ3) is 3.00. The zero-order chi connectivity index (χ0) is 13.8. The van der Waals surface area contributed by atoms with Crippen molar-refractivity contribution >= 4 is 0 Å². The van der Waals surface area contributed by atoms with Gasteiger partial charge in [-0.2, -0.15) is 0 Å². The zero-order valence-corrected chi connectivity index (χ0v) is 11.0. The van der Waals surface area contributed by atoms with E-state index in [0.29, 0.717) is 23.8 Å². The number of methoxy groups -OCH3 is 2. The maximum atomic E-state index is 11.9. The molecule has 0 amide bonds. The van der Waals surface area contributed by atoms with E-state index in [1.54, 1.807) is 20.1 Å². The minimum absolute atomic E-state index is 0.194. The Labute approximate surface area is 109 Å². The van der Waals surface area contributed by atoms with Crippen LogP contribution in [0.25, 0.3) is 0 Å². The lowest BCUT2D eigenvalue weighted by Crippen LogP contribution is -2.23. The molecule has 0 fully saturated rings. The number of hydrogen-bond donors (Lipinski definition) is 0. The molecular formula is C12H15N3O4. The molecule has 0 aliphatic heterocycles. The summed E-state index contributed by atoms with van der Waals surface area (Å²) in [7, 11) is 3.04. The fraction of sp³-hybridized carbons (Fsp3) is 0.417. The molecule has 0 unspecified atom stereocenters. The largest absolute Gasteiger partial charge is 0.468 e. The SMILES string of the molecule is COCc1cc(Cn2c(OC)nc(C)cc2=O)no1. The Hall–Kier alpha value is -2.15.